The van der Waals surface area contributed by atoms with Crippen LogP contribution in [0.25, 0.3) is 0 Å². The van der Waals surface area contributed by atoms with Crippen molar-refractivity contribution in [1.82, 2.24) is 25.1 Å². The van der Waals surface area contributed by atoms with Crippen LogP contribution >= 0.6 is 0 Å². The van der Waals surface area contributed by atoms with Gasteiger partial charge in [0, 0.05) is 25.6 Å². The van der Waals surface area contributed by atoms with Crippen LogP contribution in [0.5, 0.6) is 5.75 Å². The Bertz CT molecular complexity index is 659. The quantitative estimate of drug-likeness (QED) is 0.804. The Hall–Kier alpha value is -2.48. The Kier molecular flexibility index (Phi) is 5.05. The van der Waals surface area contributed by atoms with Crippen LogP contribution in [0.4, 0.5) is 0 Å². The minimum atomic E-state index is -0.737. The summed E-state index contributed by atoms with van der Waals surface area (Å²) < 4.78 is 6.86. The minimum Gasteiger partial charge on any atom is -0.497 e. The second-order valence-corrected chi connectivity index (χ2v) is 6.01. The van der Waals surface area contributed by atoms with Gasteiger partial charge in [0.1, 0.15) is 12.1 Å². The summed E-state index contributed by atoms with van der Waals surface area (Å²) in [5, 5.41) is 20.6. The number of rotatable bonds is 7. The van der Waals surface area contributed by atoms with E-state index in [1.807, 2.05) is 24.3 Å². The lowest BCUT2D eigenvalue weighted by Gasteiger charge is -2.16. The standard InChI is InChI=1S/C16H21N5O3/c1-24-13-5-3-12(4-6-13)14-9-20(10-15(14)16(22)23)7-2-8-21-11-17-18-19-21/h3-6,11,14-15H,2,7-10H2,1H3,(H,22,23)/t14-,15+/m0/s1. The molecule has 8 nitrogen and oxygen atoms in total. The molecule has 1 aromatic carbocycles. The number of aromatic nitrogens is 4. The van der Waals surface area contributed by atoms with Gasteiger partial charge in [0.15, 0.2) is 0 Å². The van der Waals surface area contributed by atoms with Crippen LogP contribution in [0.1, 0.15) is 17.9 Å². The van der Waals surface area contributed by atoms with E-state index in [0.717, 1.165) is 37.4 Å². The number of carbonyl (C=O) groups is 1. The van der Waals surface area contributed by atoms with E-state index < -0.39 is 5.97 Å². The van der Waals surface area contributed by atoms with E-state index >= 15 is 0 Å². The molecule has 1 aliphatic heterocycles. The second-order valence-electron chi connectivity index (χ2n) is 6.01. The lowest BCUT2D eigenvalue weighted by Crippen LogP contribution is -2.25. The maximum atomic E-state index is 11.6. The predicted molar refractivity (Wildman–Crippen MR) is 85.7 cm³/mol. The Balaban J connectivity index is 1.61. The monoisotopic (exact) mass is 331 g/mol. The number of tetrazole rings is 1. The molecule has 1 aromatic heterocycles. The van der Waals surface area contributed by atoms with Crippen molar-refractivity contribution >= 4 is 5.97 Å². The largest absolute Gasteiger partial charge is 0.497 e. The predicted octanol–water partition coefficient (Wildman–Crippen LogP) is 0.872. The zero-order chi connectivity index (χ0) is 16.9. The fraction of sp³-hybridized carbons (Fsp3) is 0.500. The van der Waals surface area contributed by atoms with Crippen LogP contribution < -0.4 is 4.74 Å². The van der Waals surface area contributed by atoms with Crippen molar-refractivity contribution < 1.29 is 14.6 Å². The molecule has 8 heteroatoms. The molecule has 0 spiro atoms. The number of likely N-dealkylation sites (tertiary alicyclic amines) is 1. The number of nitrogens with zero attached hydrogens (tertiary/aromatic N) is 5. The molecule has 2 heterocycles. The van der Waals surface area contributed by atoms with Crippen LogP contribution in [0.15, 0.2) is 30.6 Å². The molecule has 1 aliphatic rings. The number of aryl methyl sites for hydroxylation is 1. The van der Waals surface area contributed by atoms with Gasteiger partial charge in [0.2, 0.25) is 0 Å². The third-order valence-electron chi connectivity index (χ3n) is 4.51. The Morgan fingerprint density at radius 2 is 2.08 bits per heavy atom. The number of methoxy groups -OCH3 is 1. The molecule has 3 rings (SSSR count). The number of ether oxygens (including phenoxy) is 1. The highest BCUT2D eigenvalue weighted by Crippen LogP contribution is 2.33. The summed E-state index contributed by atoms with van der Waals surface area (Å²) >= 11 is 0. The topological polar surface area (TPSA) is 93.4 Å². The SMILES string of the molecule is COc1ccc([C@@H]2CN(CCCn3cnnn3)C[C@H]2C(=O)O)cc1. The highest BCUT2D eigenvalue weighted by atomic mass is 16.5. The van der Waals surface area contributed by atoms with E-state index in [-0.39, 0.29) is 11.8 Å². The maximum absolute atomic E-state index is 11.6. The molecular weight excluding hydrogens is 310 g/mol. The van der Waals surface area contributed by atoms with Gasteiger partial charge in [-0.25, -0.2) is 4.68 Å². The highest BCUT2D eigenvalue weighted by Gasteiger charge is 2.38. The van der Waals surface area contributed by atoms with Gasteiger partial charge in [-0.05, 0) is 41.1 Å². The van der Waals surface area contributed by atoms with E-state index in [9.17, 15) is 9.90 Å². The fourth-order valence-electron chi connectivity index (χ4n) is 3.25. The lowest BCUT2D eigenvalue weighted by molar-refractivity contribution is -0.141. The highest BCUT2D eigenvalue weighted by molar-refractivity contribution is 5.72. The smallest absolute Gasteiger partial charge is 0.308 e. The molecule has 0 saturated carbocycles. The third-order valence-corrected chi connectivity index (χ3v) is 4.51. The fourth-order valence-corrected chi connectivity index (χ4v) is 3.25. The molecule has 128 valence electrons. The second kappa shape index (κ2) is 7.39. The van der Waals surface area contributed by atoms with Gasteiger partial charge in [-0.1, -0.05) is 12.1 Å². The van der Waals surface area contributed by atoms with Gasteiger partial charge in [0.05, 0.1) is 13.0 Å². The number of carboxylic acids is 1. The van der Waals surface area contributed by atoms with Gasteiger partial charge in [-0.3, -0.25) is 4.79 Å². The summed E-state index contributed by atoms with van der Waals surface area (Å²) in [6, 6.07) is 7.69. The number of hydrogen-bond donors (Lipinski definition) is 1. The Morgan fingerprint density at radius 3 is 2.71 bits per heavy atom. The number of hydrogen-bond acceptors (Lipinski definition) is 6. The van der Waals surface area contributed by atoms with E-state index in [1.54, 1.807) is 18.1 Å². The van der Waals surface area contributed by atoms with Crippen molar-refractivity contribution in [3.8, 4) is 5.75 Å². The lowest BCUT2D eigenvalue weighted by atomic mass is 9.89. The summed E-state index contributed by atoms with van der Waals surface area (Å²) in [6.07, 6.45) is 2.47. The summed E-state index contributed by atoms with van der Waals surface area (Å²) in [5.41, 5.74) is 1.05. The van der Waals surface area contributed by atoms with Gasteiger partial charge >= 0.3 is 5.97 Å². The van der Waals surface area contributed by atoms with Gasteiger partial charge in [0.25, 0.3) is 0 Å². The van der Waals surface area contributed by atoms with E-state index in [2.05, 4.69) is 20.4 Å². The molecule has 0 amide bonds. The normalized spacial score (nSPS) is 21.0. The first-order valence-corrected chi connectivity index (χ1v) is 7.97. The van der Waals surface area contributed by atoms with Gasteiger partial charge in [-0.15, -0.1) is 5.10 Å². The number of aliphatic carboxylic acids is 1. The third kappa shape index (κ3) is 3.70. The van der Waals surface area contributed by atoms with Gasteiger partial charge in [-0.2, -0.15) is 0 Å². The van der Waals surface area contributed by atoms with Crippen molar-refractivity contribution in [3.63, 3.8) is 0 Å². The van der Waals surface area contributed by atoms with E-state index in [0.29, 0.717) is 6.54 Å². The molecule has 2 atom stereocenters. The average Bonchev–Trinajstić information content (AvgIpc) is 3.25. The molecule has 1 N–H and O–H groups in total. The number of benzene rings is 1. The van der Waals surface area contributed by atoms with Crippen molar-refractivity contribution in [2.75, 3.05) is 26.7 Å². The molecule has 0 bridgehead atoms. The molecule has 24 heavy (non-hydrogen) atoms. The molecule has 0 radical (unpaired) electrons. The van der Waals surface area contributed by atoms with Crippen molar-refractivity contribution in [2.24, 2.45) is 5.92 Å². The first-order chi connectivity index (χ1) is 11.7. The first kappa shape index (κ1) is 16.4. The van der Waals surface area contributed by atoms with Crippen molar-refractivity contribution in [3.05, 3.63) is 36.2 Å². The Labute approximate surface area is 140 Å². The average molecular weight is 331 g/mol. The van der Waals surface area contributed by atoms with E-state index in [1.165, 1.54) is 0 Å². The summed E-state index contributed by atoms with van der Waals surface area (Å²) in [6.45, 7) is 2.88. The molecule has 1 fully saturated rings. The first-order valence-electron chi connectivity index (χ1n) is 7.97. The summed E-state index contributed by atoms with van der Waals surface area (Å²) in [4.78, 5) is 13.8. The summed E-state index contributed by atoms with van der Waals surface area (Å²) in [5.74, 6) is -0.339. The minimum absolute atomic E-state index is 0.00134. The van der Waals surface area contributed by atoms with Gasteiger partial charge < -0.3 is 14.7 Å². The van der Waals surface area contributed by atoms with Crippen molar-refractivity contribution in [1.29, 1.82) is 0 Å². The van der Waals surface area contributed by atoms with Crippen LogP contribution in [0.3, 0.4) is 0 Å². The Morgan fingerprint density at radius 1 is 1.29 bits per heavy atom. The zero-order valence-electron chi connectivity index (χ0n) is 13.6. The number of carboxylic acid groups (broad SMARTS) is 1. The summed E-state index contributed by atoms with van der Waals surface area (Å²) in [7, 11) is 1.62. The van der Waals surface area contributed by atoms with Crippen LogP contribution in [0, 0.1) is 5.92 Å². The van der Waals surface area contributed by atoms with Crippen LogP contribution in [0.2, 0.25) is 0 Å². The van der Waals surface area contributed by atoms with Crippen molar-refractivity contribution in [2.45, 2.75) is 18.9 Å². The molecular formula is C16H21N5O3. The van der Waals surface area contributed by atoms with Crippen LogP contribution in [-0.4, -0.2) is 62.9 Å². The molecule has 0 unspecified atom stereocenters. The molecule has 2 aromatic rings. The van der Waals surface area contributed by atoms with Crippen LogP contribution in [-0.2, 0) is 11.3 Å². The maximum Gasteiger partial charge on any atom is 0.308 e. The zero-order valence-corrected chi connectivity index (χ0v) is 13.6. The van der Waals surface area contributed by atoms with E-state index in [4.69, 9.17) is 4.74 Å². The molecule has 0 aliphatic carbocycles. The molecule has 1 saturated heterocycles.